The van der Waals surface area contributed by atoms with Crippen LogP contribution in [0.3, 0.4) is 0 Å². The number of phenolic OH excluding ortho intramolecular Hbond substituents is 1. The standard InChI is InChI=1S/C8H7Br2NO3/c1-14-6-2-5(9)7(10)4(3-11-13)8(6)12/h2-3,12-13H,1H3/b11-3+. The lowest BCUT2D eigenvalue weighted by atomic mass is 10.2. The minimum Gasteiger partial charge on any atom is -0.504 e. The van der Waals surface area contributed by atoms with Gasteiger partial charge in [0.2, 0.25) is 0 Å². The van der Waals surface area contributed by atoms with Gasteiger partial charge in [-0.25, -0.2) is 0 Å². The first-order chi connectivity index (χ1) is 6.61. The lowest BCUT2D eigenvalue weighted by molar-refractivity contribution is 0.321. The summed E-state index contributed by atoms with van der Waals surface area (Å²) in [5.74, 6) is 0.218. The predicted octanol–water partition coefficient (Wildman–Crippen LogP) is 2.73. The normalized spacial score (nSPS) is 10.8. The molecule has 14 heavy (non-hydrogen) atoms. The van der Waals surface area contributed by atoms with Crippen LogP contribution < -0.4 is 4.74 Å². The maximum absolute atomic E-state index is 9.65. The molecule has 0 aliphatic rings. The average Bonchev–Trinajstić information content (AvgIpc) is 2.18. The molecule has 1 aromatic rings. The van der Waals surface area contributed by atoms with Gasteiger partial charge in [0.15, 0.2) is 11.5 Å². The lowest BCUT2D eigenvalue weighted by Gasteiger charge is -2.09. The van der Waals surface area contributed by atoms with Crippen molar-refractivity contribution in [1.29, 1.82) is 0 Å². The highest BCUT2D eigenvalue weighted by atomic mass is 79.9. The highest BCUT2D eigenvalue weighted by Gasteiger charge is 2.13. The van der Waals surface area contributed by atoms with Crippen LogP contribution in [0.1, 0.15) is 5.56 Å². The van der Waals surface area contributed by atoms with Crippen molar-refractivity contribution in [2.45, 2.75) is 0 Å². The van der Waals surface area contributed by atoms with Crippen LogP contribution in [0.15, 0.2) is 20.2 Å². The molecule has 2 N–H and O–H groups in total. The highest BCUT2D eigenvalue weighted by Crippen LogP contribution is 2.39. The lowest BCUT2D eigenvalue weighted by Crippen LogP contribution is -1.91. The number of nitrogens with zero attached hydrogens (tertiary/aromatic N) is 1. The van der Waals surface area contributed by atoms with Crippen LogP contribution in [-0.4, -0.2) is 23.6 Å². The molecule has 0 aromatic heterocycles. The molecular weight excluding hydrogens is 318 g/mol. The molecule has 0 aliphatic heterocycles. The first-order valence-corrected chi connectivity index (χ1v) is 5.12. The largest absolute Gasteiger partial charge is 0.504 e. The van der Waals surface area contributed by atoms with E-state index in [0.717, 1.165) is 6.21 Å². The van der Waals surface area contributed by atoms with Crippen LogP contribution in [0.4, 0.5) is 0 Å². The minimum absolute atomic E-state index is 0.0830. The summed E-state index contributed by atoms with van der Waals surface area (Å²) in [7, 11) is 1.44. The van der Waals surface area contributed by atoms with E-state index >= 15 is 0 Å². The van der Waals surface area contributed by atoms with Crippen molar-refractivity contribution in [3.8, 4) is 11.5 Å². The van der Waals surface area contributed by atoms with Crippen molar-refractivity contribution in [1.82, 2.24) is 0 Å². The van der Waals surface area contributed by atoms with E-state index in [-0.39, 0.29) is 5.75 Å². The second kappa shape index (κ2) is 4.65. The fourth-order valence-electron chi connectivity index (χ4n) is 0.943. The van der Waals surface area contributed by atoms with Gasteiger partial charge in [-0.05, 0) is 37.9 Å². The van der Waals surface area contributed by atoms with Gasteiger partial charge in [0.1, 0.15) is 0 Å². The maximum Gasteiger partial charge on any atom is 0.167 e. The van der Waals surface area contributed by atoms with Gasteiger partial charge in [-0.1, -0.05) is 5.16 Å². The highest BCUT2D eigenvalue weighted by molar-refractivity contribution is 9.13. The molecule has 0 saturated heterocycles. The zero-order chi connectivity index (χ0) is 10.7. The zero-order valence-corrected chi connectivity index (χ0v) is 10.3. The van der Waals surface area contributed by atoms with Gasteiger partial charge in [-0.15, -0.1) is 0 Å². The quantitative estimate of drug-likeness (QED) is 0.499. The van der Waals surface area contributed by atoms with E-state index in [4.69, 9.17) is 9.94 Å². The number of phenols is 1. The molecule has 6 heteroatoms. The summed E-state index contributed by atoms with van der Waals surface area (Å²) in [6, 6.07) is 1.61. The summed E-state index contributed by atoms with van der Waals surface area (Å²) >= 11 is 6.49. The molecule has 0 fully saturated rings. The second-order valence-electron chi connectivity index (χ2n) is 2.38. The van der Waals surface area contributed by atoms with Crippen molar-refractivity contribution >= 4 is 38.1 Å². The second-order valence-corrected chi connectivity index (χ2v) is 4.03. The van der Waals surface area contributed by atoms with Gasteiger partial charge in [-0.3, -0.25) is 0 Å². The smallest absolute Gasteiger partial charge is 0.167 e. The van der Waals surface area contributed by atoms with Crippen molar-refractivity contribution in [3.05, 3.63) is 20.6 Å². The number of ether oxygens (including phenoxy) is 1. The topological polar surface area (TPSA) is 62.0 Å². The summed E-state index contributed by atoms with van der Waals surface area (Å²) in [5.41, 5.74) is 0.346. The number of aromatic hydroxyl groups is 1. The fourth-order valence-corrected chi connectivity index (χ4v) is 1.77. The molecule has 0 bridgehead atoms. The molecule has 1 rings (SSSR count). The predicted molar refractivity (Wildman–Crippen MR) is 59.4 cm³/mol. The third-order valence-corrected chi connectivity index (χ3v) is 3.61. The molecule has 0 heterocycles. The molecule has 0 radical (unpaired) electrons. The van der Waals surface area contributed by atoms with E-state index in [2.05, 4.69) is 37.0 Å². The third-order valence-electron chi connectivity index (χ3n) is 1.60. The monoisotopic (exact) mass is 323 g/mol. The van der Waals surface area contributed by atoms with E-state index in [1.165, 1.54) is 7.11 Å². The van der Waals surface area contributed by atoms with Crippen LogP contribution in [0.25, 0.3) is 0 Å². The molecule has 0 amide bonds. The first-order valence-electron chi connectivity index (χ1n) is 3.54. The first kappa shape index (κ1) is 11.3. The van der Waals surface area contributed by atoms with Gasteiger partial charge in [0.05, 0.1) is 18.9 Å². The molecule has 0 saturated carbocycles. The van der Waals surface area contributed by atoms with Crippen LogP contribution in [0.5, 0.6) is 11.5 Å². The maximum atomic E-state index is 9.65. The summed E-state index contributed by atoms with van der Waals surface area (Å²) in [5, 5.41) is 20.9. The SMILES string of the molecule is COc1cc(Br)c(Br)c(/C=N/O)c1O. The molecule has 76 valence electrons. The number of methoxy groups -OCH3 is 1. The fraction of sp³-hybridized carbons (Fsp3) is 0.125. The molecule has 1 aromatic carbocycles. The van der Waals surface area contributed by atoms with Crippen LogP contribution in [-0.2, 0) is 0 Å². The molecule has 4 nitrogen and oxygen atoms in total. The molecule has 0 spiro atoms. The number of oxime groups is 1. The minimum atomic E-state index is -0.0830. The van der Waals surface area contributed by atoms with E-state index in [0.29, 0.717) is 20.3 Å². The van der Waals surface area contributed by atoms with Crippen molar-refractivity contribution < 1.29 is 15.1 Å². The Labute approximate surface area is 97.4 Å². The Kier molecular flexibility index (Phi) is 3.77. The van der Waals surface area contributed by atoms with Gasteiger partial charge in [0.25, 0.3) is 0 Å². The Balaban J connectivity index is 3.44. The Bertz CT molecular complexity index is 379. The zero-order valence-electron chi connectivity index (χ0n) is 7.16. The molecular formula is C8H7Br2NO3. The van der Waals surface area contributed by atoms with Gasteiger partial charge in [-0.2, -0.15) is 0 Å². The van der Waals surface area contributed by atoms with Crippen LogP contribution in [0.2, 0.25) is 0 Å². The summed E-state index contributed by atoms with van der Waals surface area (Å²) < 4.78 is 6.21. The van der Waals surface area contributed by atoms with E-state index in [1.807, 2.05) is 0 Å². The molecule has 0 aliphatic carbocycles. The third kappa shape index (κ3) is 2.01. The average molecular weight is 325 g/mol. The van der Waals surface area contributed by atoms with Crippen molar-refractivity contribution in [2.75, 3.05) is 7.11 Å². The molecule has 0 atom stereocenters. The Morgan fingerprint density at radius 3 is 2.64 bits per heavy atom. The summed E-state index contributed by atoms with van der Waals surface area (Å²) in [6.45, 7) is 0. The van der Waals surface area contributed by atoms with Gasteiger partial charge >= 0.3 is 0 Å². The van der Waals surface area contributed by atoms with E-state index < -0.39 is 0 Å². The van der Waals surface area contributed by atoms with Gasteiger partial charge in [0, 0.05) is 8.95 Å². The number of hydrogen-bond acceptors (Lipinski definition) is 4. The Morgan fingerprint density at radius 1 is 1.50 bits per heavy atom. The summed E-state index contributed by atoms with van der Waals surface area (Å²) in [6.07, 6.45) is 1.12. The van der Waals surface area contributed by atoms with Crippen LogP contribution in [0, 0.1) is 0 Å². The van der Waals surface area contributed by atoms with E-state index in [9.17, 15) is 5.11 Å². The number of halogens is 2. The number of hydrogen-bond donors (Lipinski definition) is 2. The Hall–Kier alpha value is -0.750. The van der Waals surface area contributed by atoms with Crippen molar-refractivity contribution in [2.24, 2.45) is 5.16 Å². The Morgan fingerprint density at radius 2 is 2.14 bits per heavy atom. The summed E-state index contributed by atoms with van der Waals surface area (Å²) in [4.78, 5) is 0. The molecule has 0 unspecified atom stereocenters. The van der Waals surface area contributed by atoms with Crippen LogP contribution >= 0.6 is 31.9 Å². The van der Waals surface area contributed by atoms with E-state index in [1.54, 1.807) is 6.07 Å². The number of benzene rings is 1. The number of rotatable bonds is 2. The van der Waals surface area contributed by atoms with Crippen molar-refractivity contribution in [3.63, 3.8) is 0 Å². The van der Waals surface area contributed by atoms with Gasteiger partial charge < -0.3 is 15.1 Å².